The SMILES string of the molecule is O=C1C(Cl)(Cl)C2C=CCC12Br. The van der Waals surface area contributed by atoms with E-state index in [1.54, 1.807) is 0 Å². The highest BCUT2D eigenvalue weighted by atomic mass is 79.9. The molecular weight excluding hydrogens is 251 g/mol. The van der Waals surface area contributed by atoms with Crippen LogP contribution < -0.4 is 0 Å². The Morgan fingerprint density at radius 3 is 2.82 bits per heavy atom. The summed E-state index contributed by atoms with van der Waals surface area (Å²) in [6.45, 7) is 0. The smallest absolute Gasteiger partial charge is 0.187 e. The van der Waals surface area contributed by atoms with Crippen molar-refractivity contribution in [2.24, 2.45) is 5.92 Å². The number of allylic oxidation sites excluding steroid dienone is 2. The van der Waals surface area contributed by atoms with E-state index in [1.165, 1.54) is 0 Å². The number of alkyl halides is 3. The molecule has 60 valence electrons. The Morgan fingerprint density at radius 2 is 2.27 bits per heavy atom. The van der Waals surface area contributed by atoms with Crippen LogP contribution in [-0.4, -0.2) is 14.4 Å². The molecule has 4 heteroatoms. The maximum absolute atomic E-state index is 11.3. The van der Waals surface area contributed by atoms with Crippen LogP contribution >= 0.6 is 39.1 Å². The lowest BCUT2D eigenvalue weighted by molar-refractivity contribution is -0.129. The summed E-state index contributed by atoms with van der Waals surface area (Å²) >= 11 is 14.9. The quantitative estimate of drug-likeness (QED) is 0.480. The summed E-state index contributed by atoms with van der Waals surface area (Å²) in [7, 11) is 0. The van der Waals surface area contributed by atoms with Crippen LogP contribution in [0.5, 0.6) is 0 Å². The van der Waals surface area contributed by atoms with Gasteiger partial charge in [-0.1, -0.05) is 51.3 Å². The number of fused-ring (bicyclic) bond motifs is 1. The number of Topliss-reactive ketones (excluding diaryl/α,β-unsaturated/α-hetero) is 1. The number of carbonyl (C=O) groups excluding carboxylic acids is 1. The lowest BCUT2D eigenvalue weighted by Gasteiger charge is -2.47. The number of ketones is 1. The van der Waals surface area contributed by atoms with Gasteiger partial charge in [-0.25, -0.2) is 0 Å². The van der Waals surface area contributed by atoms with Crippen LogP contribution in [0.2, 0.25) is 0 Å². The summed E-state index contributed by atoms with van der Waals surface area (Å²) in [5, 5.41) is 0. The third kappa shape index (κ3) is 0.758. The normalized spacial score (nSPS) is 45.4. The molecule has 0 aromatic heterocycles. The maximum Gasteiger partial charge on any atom is 0.187 e. The van der Waals surface area contributed by atoms with E-state index in [4.69, 9.17) is 23.2 Å². The van der Waals surface area contributed by atoms with E-state index in [0.29, 0.717) is 6.42 Å². The molecule has 0 aromatic rings. The summed E-state index contributed by atoms with van der Waals surface area (Å²) < 4.78 is -1.66. The van der Waals surface area contributed by atoms with E-state index in [9.17, 15) is 4.79 Å². The zero-order valence-electron chi connectivity index (χ0n) is 5.48. The molecule has 0 N–H and O–H groups in total. The van der Waals surface area contributed by atoms with Crippen molar-refractivity contribution in [3.8, 4) is 0 Å². The molecule has 0 spiro atoms. The summed E-state index contributed by atoms with van der Waals surface area (Å²) in [5.74, 6) is -0.158. The van der Waals surface area contributed by atoms with Gasteiger partial charge in [-0.15, -0.1) is 0 Å². The van der Waals surface area contributed by atoms with Crippen molar-refractivity contribution in [3.05, 3.63) is 12.2 Å². The fourth-order valence-corrected chi connectivity index (χ4v) is 3.98. The van der Waals surface area contributed by atoms with Crippen molar-refractivity contribution >= 4 is 44.9 Å². The van der Waals surface area contributed by atoms with Gasteiger partial charge in [0.25, 0.3) is 0 Å². The van der Waals surface area contributed by atoms with Gasteiger partial charge in [0.05, 0.1) is 0 Å². The predicted octanol–water partition coefficient (Wildman–Crippen LogP) is 2.45. The molecule has 2 unspecified atom stereocenters. The van der Waals surface area contributed by atoms with Crippen LogP contribution in [0.15, 0.2) is 12.2 Å². The molecule has 0 heterocycles. The number of rotatable bonds is 0. The molecule has 0 bridgehead atoms. The van der Waals surface area contributed by atoms with E-state index in [-0.39, 0.29) is 11.7 Å². The van der Waals surface area contributed by atoms with Crippen molar-refractivity contribution in [1.29, 1.82) is 0 Å². The minimum absolute atomic E-state index is 0.0502. The van der Waals surface area contributed by atoms with Crippen molar-refractivity contribution < 1.29 is 4.79 Å². The summed E-state index contributed by atoms with van der Waals surface area (Å²) in [5.41, 5.74) is 0. The Labute approximate surface area is 82.9 Å². The Morgan fingerprint density at radius 1 is 1.64 bits per heavy atom. The molecule has 0 aliphatic heterocycles. The number of carbonyl (C=O) groups is 1. The van der Waals surface area contributed by atoms with Crippen LogP contribution in [-0.2, 0) is 4.79 Å². The van der Waals surface area contributed by atoms with Gasteiger partial charge in [0.2, 0.25) is 0 Å². The third-order valence-corrected chi connectivity index (χ3v) is 4.30. The van der Waals surface area contributed by atoms with Crippen molar-refractivity contribution in [2.45, 2.75) is 15.1 Å². The van der Waals surface area contributed by atoms with Crippen LogP contribution in [0.4, 0.5) is 0 Å². The lowest BCUT2D eigenvalue weighted by atomic mass is 9.73. The van der Waals surface area contributed by atoms with Gasteiger partial charge in [0, 0.05) is 5.92 Å². The fraction of sp³-hybridized carbons (Fsp3) is 0.571. The van der Waals surface area contributed by atoms with Crippen molar-refractivity contribution in [3.63, 3.8) is 0 Å². The molecule has 2 aliphatic carbocycles. The molecule has 1 nitrogen and oxygen atoms in total. The number of hydrogen-bond acceptors (Lipinski definition) is 1. The molecule has 0 aromatic carbocycles. The van der Waals surface area contributed by atoms with E-state index in [1.807, 2.05) is 12.2 Å². The standard InChI is InChI=1S/C7H5BrCl2O/c8-6-3-1-2-4(6)7(9,10)5(6)11/h1-2,4H,3H2. The molecule has 2 aliphatic rings. The zero-order valence-corrected chi connectivity index (χ0v) is 8.58. The van der Waals surface area contributed by atoms with Gasteiger partial charge >= 0.3 is 0 Å². The molecule has 2 rings (SSSR count). The molecule has 1 fully saturated rings. The second kappa shape index (κ2) is 2.04. The Balaban J connectivity index is 2.39. The van der Waals surface area contributed by atoms with Gasteiger partial charge in [0.15, 0.2) is 10.1 Å². The Kier molecular flexibility index (Phi) is 1.50. The third-order valence-electron chi connectivity index (χ3n) is 2.31. The number of halogens is 3. The van der Waals surface area contributed by atoms with Gasteiger partial charge in [-0.2, -0.15) is 0 Å². The Hall–Kier alpha value is 0.470. The molecule has 0 saturated heterocycles. The second-order valence-corrected chi connectivity index (χ2v) is 5.73. The summed E-state index contributed by atoms with van der Waals surface area (Å²) in [4.78, 5) is 11.3. The second-order valence-electron chi connectivity index (χ2n) is 2.92. The van der Waals surface area contributed by atoms with Crippen molar-refractivity contribution in [2.75, 3.05) is 0 Å². The average Bonchev–Trinajstić information content (AvgIpc) is 2.30. The topological polar surface area (TPSA) is 17.1 Å². The first-order valence-electron chi connectivity index (χ1n) is 3.28. The molecule has 0 amide bonds. The average molecular weight is 256 g/mol. The molecule has 11 heavy (non-hydrogen) atoms. The first kappa shape index (κ1) is 8.09. The van der Waals surface area contributed by atoms with Gasteiger partial charge in [-0.3, -0.25) is 4.79 Å². The summed E-state index contributed by atoms with van der Waals surface area (Å²) in [6, 6.07) is 0. The van der Waals surface area contributed by atoms with E-state index >= 15 is 0 Å². The molecule has 1 saturated carbocycles. The molecule has 0 radical (unpaired) electrons. The van der Waals surface area contributed by atoms with E-state index in [0.717, 1.165) is 0 Å². The number of hydrogen-bond donors (Lipinski definition) is 0. The van der Waals surface area contributed by atoms with Gasteiger partial charge in [0.1, 0.15) is 4.32 Å². The van der Waals surface area contributed by atoms with E-state index in [2.05, 4.69) is 15.9 Å². The molecule has 2 atom stereocenters. The highest BCUT2D eigenvalue weighted by Gasteiger charge is 2.69. The van der Waals surface area contributed by atoms with Crippen LogP contribution in [0.3, 0.4) is 0 Å². The monoisotopic (exact) mass is 254 g/mol. The van der Waals surface area contributed by atoms with E-state index < -0.39 is 8.66 Å². The molecular formula is C7H5BrCl2O. The summed E-state index contributed by atoms with van der Waals surface area (Å²) in [6.07, 6.45) is 4.54. The van der Waals surface area contributed by atoms with Crippen molar-refractivity contribution in [1.82, 2.24) is 0 Å². The Bertz CT molecular complexity index is 261. The highest BCUT2D eigenvalue weighted by Crippen LogP contribution is 2.60. The first-order chi connectivity index (χ1) is 4.99. The first-order valence-corrected chi connectivity index (χ1v) is 4.83. The van der Waals surface area contributed by atoms with Crippen LogP contribution in [0.25, 0.3) is 0 Å². The largest absolute Gasteiger partial charge is 0.295 e. The van der Waals surface area contributed by atoms with Gasteiger partial charge in [-0.05, 0) is 6.42 Å². The fourth-order valence-electron chi connectivity index (χ4n) is 1.64. The zero-order chi connectivity index (χ0) is 8.28. The lowest BCUT2D eigenvalue weighted by Crippen LogP contribution is -2.64. The van der Waals surface area contributed by atoms with Crippen LogP contribution in [0.1, 0.15) is 6.42 Å². The van der Waals surface area contributed by atoms with Crippen LogP contribution in [0, 0.1) is 5.92 Å². The predicted molar refractivity (Wildman–Crippen MR) is 48.3 cm³/mol. The maximum atomic E-state index is 11.3. The highest BCUT2D eigenvalue weighted by molar-refractivity contribution is 9.10. The van der Waals surface area contributed by atoms with Gasteiger partial charge < -0.3 is 0 Å². The minimum Gasteiger partial charge on any atom is -0.295 e. The minimum atomic E-state index is -1.18.